The molecule has 0 aromatic heterocycles. The number of carbonyl (C=O) groups excluding carboxylic acids is 4. The lowest BCUT2D eigenvalue weighted by molar-refractivity contribution is -0.191. The number of carbonyl (C=O) groups is 4. The van der Waals surface area contributed by atoms with E-state index in [1.54, 1.807) is 0 Å². The van der Waals surface area contributed by atoms with Crippen molar-refractivity contribution in [1.29, 1.82) is 0 Å². The summed E-state index contributed by atoms with van der Waals surface area (Å²) in [5.74, 6) is -5.27. The van der Waals surface area contributed by atoms with Crippen molar-refractivity contribution in [2.45, 2.75) is 117 Å². The van der Waals surface area contributed by atoms with Crippen LogP contribution in [-0.2, 0) is 28.8 Å². The first-order chi connectivity index (χ1) is 15.7. The fraction of sp³-hybridized carbons (Fsp3) is 0.800. The number of aliphatic carboxylic acids is 2. The van der Waals surface area contributed by atoms with Crippen molar-refractivity contribution in [1.82, 2.24) is 0 Å². The lowest BCUT2D eigenvalue weighted by atomic mass is 9.84. The highest BCUT2D eigenvalue weighted by Gasteiger charge is 2.33. The van der Waals surface area contributed by atoms with E-state index in [0.717, 1.165) is 64.2 Å². The van der Waals surface area contributed by atoms with Gasteiger partial charge < -0.3 is 10.2 Å². The fourth-order valence-corrected chi connectivity index (χ4v) is 3.82. The average Bonchev–Trinajstić information content (AvgIpc) is 2.75. The Bertz CT molecular complexity index is 547. The van der Waals surface area contributed by atoms with Crippen molar-refractivity contribution < 1.29 is 39.0 Å². The molecule has 0 aromatic carbocycles. The third-order valence-electron chi connectivity index (χ3n) is 5.64. The summed E-state index contributed by atoms with van der Waals surface area (Å²) in [6, 6.07) is 0. The summed E-state index contributed by atoms with van der Waals surface area (Å²) in [5, 5.41) is 18.3. The van der Waals surface area contributed by atoms with E-state index < -0.39 is 35.3 Å². The van der Waals surface area contributed by atoms with Gasteiger partial charge >= 0.3 is 18.1 Å². The molecule has 0 amide bonds. The molecule has 0 spiro atoms. The van der Waals surface area contributed by atoms with E-state index in [-0.39, 0.29) is 19.0 Å². The summed E-state index contributed by atoms with van der Waals surface area (Å²) in [7, 11) is 0. The van der Waals surface area contributed by atoms with Crippen LogP contribution in [-0.4, -0.2) is 39.9 Å². The minimum atomic E-state index is -1.10. The second-order valence-electron chi connectivity index (χ2n) is 8.51. The van der Waals surface area contributed by atoms with Gasteiger partial charge in [-0.1, -0.05) is 90.9 Å². The van der Waals surface area contributed by atoms with E-state index in [4.69, 9.17) is 19.8 Å². The third-order valence-corrected chi connectivity index (χ3v) is 5.64. The monoisotopic (exact) mass is 470 g/mol. The first-order valence-electron chi connectivity index (χ1n) is 12.3. The molecule has 190 valence electrons. The summed E-state index contributed by atoms with van der Waals surface area (Å²) in [6.07, 6.45) is 12.4. The average molecular weight is 471 g/mol. The molecule has 33 heavy (non-hydrogen) atoms. The molecule has 0 saturated carbocycles. The van der Waals surface area contributed by atoms with E-state index in [0.29, 0.717) is 25.7 Å². The molecule has 0 aliphatic carbocycles. The molecular formula is C25H42O8. The van der Waals surface area contributed by atoms with Gasteiger partial charge in [0.15, 0.2) is 0 Å². The Kier molecular flexibility index (Phi) is 22.7. The predicted octanol–water partition coefficient (Wildman–Crippen LogP) is 5.22. The number of rotatable bonds is 21. The molecule has 8 heteroatoms. The normalized spacial score (nSPS) is 12.1. The van der Waals surface area contributed by atoms with Crippen molar-refractivity contribution in [3.63, 3.8) is 0 Å². The second kappa shape index (κ2) is 22.8. The van der Waals surface area contributed by atoms with Crippen LogP contribution in [0, 0.1) is 11.8 Å². The Morgan fingerprint density at radius 3 is 1.12 bits per heavy atom. The van der Waals surface area contributed by atoms with Gasteiger partial charge in [-0.2, -0.15) is 9.59 Å². The van der Waals surface area contributed by atoms with E-state index in [2.05, 4.69) is 13.8 Å². The lowest BCUT2D eigenvalue weighted by Gasteiger charge is -2.18. The van der Waals surface area contributed by atoms with E-state index in [1.165, 1.54) is 0 Å². The number of carboxylic acid groups (broad SMARTS) is 2. The number of unbranched alkanes of at least 4 members (excludes halogenated alkanes) is 10. The van der Waals surface area contributed by atoms with Gasteiger partial charge in [-0.05, 0) is 12.8 Å². The predicted molar refractivity (Wildman–Crippen MR) is 122 cm³/mol. The lowest BCUT2D eigenvalue weighted by Crippen LogP contribution is -2.32. The molecule has 0 bridgehead atoms. The highest BCUT2D eigenvalue weighted by atomic mass is 16.4. The minimum absolute atomic E-state index is 0.250. The Labute approximate surface area is 197 Å². The maximum atomic E-state index is 12.7. The Morgan fingerprint density at radius 2 is 0.848 bits per heavy atom. The van der Waals surface area contributed by atoms with Crippen LogP contribution in [0.5, 0.6) is 0 Å². The van der Waals surface area contributed by atoms with Gasteiger partial charge in [0.2, 0.25) is 11.6 Å². The van der Waals surface area contributed by atoms with Crippen LogP contribution in [0.1, 0.15) is 117 Å². The fourth-order valence-electron chi connectivity index (χ4n) is 3.82. The smallest absolute Gasteiger partial charge is 0.373 e. The van der Waals surface area contributed by atoms with Crippen LogP contribution >= 0.6 is 0 Å². The molecule has 0 aliphatic heterocycles. The van der Waals surface area contributed by atoms with Gasteiger partial charge in [0.1, 0.15) is 0 Å². The van der Waals surface area contributed by atoms with Crippen LogP contribution < -0.4 is 0 Å². The zero-order valence-electron chi connectivity index (χ0n) is 20.3. The molecule has 0 rings (SSSR count). The van der Waals surface area contributed by atoms with Crippen LogP contribution in [0.25, 0.3) is 0 Å². The summed E-state index contributed by atoms with van der Waals surface area (Å²) >= 11 is 0. The summed E-state index contributed by atoms with van der Waals surface area (Å²) in [6.45, 7) is 4.26. The van der Waals surface area contributed by atoms with Crippen molar-refractivity contribution >= 4 is 29.7 Å². The topological polar surface area (TPSA) is 143 Å². The number of hydrogen-bond acceptors (Lipinski definition) is 6. The molecule has 0 aliphatic rings. The quantitative estimate of drug-likeness (QED) is 0.172. The van der Waals surface area contributed by atoms with Crippen LogP contribution in [0.4, 0.5) is 0 Å². The van der Waals surface area contributed by atoms with Gasteiger partial charge in [-0.3, -0.25) is 19.2 Å². The van der Waals surface area contributed by atoms with E-state index in [9.17, 15) is 19.2 Å². The molecule has 8 nitrogen and oxygen atoms in total. The van der Waals surface area contributed by atoms with Gasteiger partial charge in [-0.25, -0.2) is 0 Å². The van der Waals surface area contributed by atoms with Crippen molar-refractivity contribution in [3.8, 4) is 0 Å². The van der Waals surface area contributed by atoms with Gasteiger partial charge in [0.25, 0.3) is 0 Å². The molecule has 0 aromatic rings. The van der Waals surface area contributed by atoms with Crippen molar-refractivity contribution in [2.24, 2.45) is 11.8 Å². The molecule has 0 heterocycles. The summed E-state index contributed by atoms with van der Waals surface area (Å²) < 4.78 is 0. The van der Waals surface area contributed by atoms with Crippen molar-refractivity contribution in [2.75, 3.05) is 0 Å². The third kappa shape index (κ3) is 20.0. The standard InChI is InChI=1S/C24H42O6.CO2/c1-3-5-7-9-11-13-15-19(17-21(25)26)23(29)24(30)20(18-22(27)28)16-14-12-10-8-6-4-2;2-1-3/h19-20H,3-18H2,1-2H3,(H,25,26)(H,27,28);. The van der Waals surface area contributed by atoms with E-state index in [1.807, 2.05) is 0 Å². The maximum absolute atomic E-state index is 12.7. The molecule has 2 unspecified atom stereocenters. The Hall–Kier alpha value is -2.34. The first kappa shape index (κ1) is 32.8. The van der Waals surface area contributed by atoms with Gasteiger partial charge in [0.05, 0.1) is 12.8 Å². The highest BCUT2D eigenvalue weighted by molar-refractivity contribution is 6.39. The van der Waals surface area contributed by atoms with Gasteiger partial charge in [0, 0.05) is 11.8 Å². The molecule has 2 atom stereocenters. The summed E-state index contributed by atoms with van der Waals surface area (Å²) in [4.78, 5) is 64.1. The van der Waals surface area contributed by atoms with Crippen LogP contribution in [0.15, 0.2) is 0 Å². The molecule has 0 radical (unpaired) electrons. The Balaban J connectivity index is 0. The Morgan fingerprint density at radius 1 is 0.576 bits per heavy atom. The second-order valence-corrected chi connectivity index (χ2v) is 8.51. The maximum Gasteiger partial charge on any atom is 0.373 e. The minimum Gasteiger partial charge on any atom is -0.481 e. The zero-order valence-corrected chi connectivity index (χ0v) is 20.3. The molecule has 2 N–H and O–H groups in total. The van der Waals surface area contributed by atoms with E-state index >= 15 is 0 Å². The largest absolute Gasteiger partial charge is 0.481 e. The SMILES string of the molecule is CCCCCCCCC(CC(=O)O)C(=O)C(=O)C(CCCCCCCC)CC(=O)O.O=C=O. The summed E-state index contributed by atoms with van der Waals surface area (Å²) in [5.41, 5.74) is 0. The molecule has 0 fully saturated rings. The zero-order chi connectivity index (χ0) is 25.5. The highest BCUT2D eigenvalue weighted by Crippen LogP contribution is 2.23. The van der Waals surface area contributed by atoms with Crippen LogP contribution in [0.3, 0.4) is 0 Å². The van der Waals surface area contributed by atoms with Crippen LogP contribution in [0.2, 0.25) is 0 Å². The number of hydrogen-bond donors (Lipinski definition) is 2. The molecular weight excluding hydrogens is 428 g/mol. The van der Waals surface area contributed by atoms with Gasteiger partial charge in [-0.15, -0.1) is 0 Å². The number of ketones is 2. The number of carboxylic acids is 2. The van der Waals surface area contributed by atoms with Crippen molar-refractivity contribution in [3.05, 3.63) is 0 Å². The molecule has 0 saturated heterocycles. The first-order valence-corrected chi connectivity index (χ1v) is 12.3. The number of Topliss-reactive ketones (excluding diaryl/α,β-unsaturated/α-hetero) is 2.